The summed E-state index contributed by atoms with van der Waals surface area (Å²) in [6.45, 7) is 5.01. The van der Waals surface area contributed by atoms with E-state index >= 15 is 0 Å². The van der Waals surface area contributed by atoms with E-state index in [1.807, 2.05) is 24.3 Å². The van der Waals surface area contributed by atoms with Crippen LogP contribution in [0.3, 0.4) is 0 Å². The Morgan fingerprint density at radius 2 is 1.60 bits per heavy atom. The molecule has 1 aromatic carbocycles. The summed E-state index contributed by atoms with van der Waals surface area (Å²) in [4.78, 5) is 0. The molecule has 0 bridgehead atoms. The Hall–Kier alpha value is -0.600. The van der Waals surface area contributed by atoms with E-state index in [0.717, 1.165) is 24.3 Å². The molecule has 4 heteroatoms. The van der Waals surface area contributed by atoms with Crippen molar-refractivity contribution in [3.05, 3.63) is 24.3 Å². The van der Waals surface area contributed by atoms with Crippen LogP contribution in [-0.2, 0) is 0 Å². The standard InChI is InChI=1S/C16H24Cl2O2/c1-13(2)10-16(11-17,12-18)8-9-20-15-6-4-14(19-3)5-7-15/h4-7,13H,8-12H2,1-3H3. The predicted molar refractivity (Wildman–Crippen MR) is 86.4 cm³/mol. The summed E-state index contributed by atoms with van der Waals surface area (Å²) in [6.07, 6.45) is 1.89. The largest absolute Gasteiger partial charge is 0.497 e. The van der Waals surface area contributed by atoms with Crippen molar-refractivity contribution in [2.24, 2.45) is 11.3 Å². The lowest BCUT2D eigenvalue weighted by atomic mass is 9.81. The number of halogens is 2. The van der Waals surface area contributed by atoms with Gasteiger partial charge in [0.15, 0.2) is 0 Å². The number of ether oxygens (including phenoxy) is 2. The van der Waals surface area contributed by atoms with Crippen LogP contribution >= 0.6 is 23.2 Å². The van der Waals surface area contributed by atoms with Crippen molar-refractivity contribution in [3.8, 4) is 11.5 Å². The predicted octanol–water partition coefficient (Wildman–Crippen LogP) is 4.97. The molecule has 0 heterocycles. The Morgan fingerprint density at radius 3 is 2.05 bits per heavy atom. The molecule has 0 saturated carbocycles. The highest BCUT2D eigenvalue weighted by Crippen LogP contribution is 2.33. The maximum Gasteiger partial charge on any atom is 0.119 e. The molecule has 0 amide bonds. The van der Waals surface area contributed by atoms with Gasteiger partial charge in [-0.2, -0.15) is 0 Å². The zero-order valence-corrected chi connectivity index (χ0v) is 14.0. The summed E-state index contributed by atoms with van der Waals surface area (Å²) in [5.74, 6) is 3.39. The van der Waals surface area contributed by atoms with Gasteiger partial charge in [-0.1, -0.05) is 13.8 Å². The van der Waals surface area contributed by atoms with Crippen LogP contribution in [0.5, 0.6) is 11.5 Å². The van der Waals surface area contributed by atoms with Crippen molar-refractivity contribution in [2.45, 2.75) is 26.7 Å². The topological polar surface area (TPSA) is 18.5 Å². The fraction of sp³-hybridized carbons (Fsp3) is 0.625. The second-order valence-electron chi connectivity index (χ2n) is 5.64. The maximum atomic E-state index is 6.13. The SMILES string of the molecule is COc1ccc(OCCC(CCl)(CCl)CC(C)C)cc1. The molecule has 20 heavy (non-hydrogen) atoms. The molecule has 0 aromatic heterocycles. The monoisotopic (exact) mass is 318 g/mol. The van der Waals surface area contributed by atoms with Crippen LogP contribution in [0.25, 0.3) is 0 Å². The molecule has 114 valence electrons. The van der Waals surface area contributed by atoms with Crippen LogP contribution in [-0.4, -0.2) is 25.5 Å². The fourth-order valence-electron chi connectivity index (χ4n) is 2.30. The smallest absolute Gasteiger partial charge is 0.119 e. The molecule has 0 N–H and O–H groups in total. The normalized spacial score (nSPS) is 11.7. The third kappa shape index (κ3) is 5.41. The molecular formula is C16H24Cl2O2. The van der Waals surface area contributed by atoms with Crippen LogP contribution in [0.4, 0.5) is 0 Å². The fourth-order valence-corrected chi connectivity index (χ4v) is 3.08. The second-order valence-corrected chi connectivity index (χ2v) is 6.17. The van der Waals surface area contributed by atoms with Gasteiger partial charge in [-0.15, -0.1) is 23.2 Å². The first kappa shape index (κ1) is 17.5. The summed E-state index contributed by atoms with van der Waals surface area (Å²) >= 11 is 12.3. The van der Waals surface area contributed by atoms with Crippen molar-refractivity contribution in [3.63, 3.8) is 0 Å². The third-order valence-electron chi connectivity index (χ3n) is 3.37. The van der Waals surface area contributed by atoms with E-state index in [4.69, 9.17) is 32.7 Å². The lowest BCUT2D eigenvalue weighted by molar-refractivity contribution is 0.205. The lowest BCUT2D eigenvalue weighted by Gasteiger charge is -2.31. The molecule has 2 nitrogen and oxygen atoms in total. The first-order valence-electron chi connectivity index (χ1n) is 6.94. The molecule has 1 aromatic rings. The molecule has 0 unspecified atom stereocenters. The van der Waals surface area contributed by atoms with Gasteiger partial charge in [-0.05, 0) is 43.0 Å². The van der Waals surface area contributed by atoms with E-state index in [9.17, 15) is 0 Å². The van der Waals surface area contributed by atoms with E-state index < -0.39 is 0 Å². The molecule has 0 saturated heterocycles. The Balaban J connectivity index is 2.50. The lowest BCUT2D eigenvalue weighted by Crippen LogP contribution is -2.29. The summed E-state index contributed by atoms with van der Waals surface area (Å²) in [5.41, 5.74) is -0.0379. The molecular weight excluding hydrogens is 295 g/mol. The molecule has 0 radical (unpaired) electrons. The number of hydrogen-bond acceptors (Lipinski definition) is 2. The van der Waals surface area contributed by atoms with E-state index in [-0.39, 0.29) is 5.41 Å². The molecule has 1 rings (SSSR count). The highest BCUT2D eigenvalue weighted by molar-refractivity contribution is 6.21. The number of hydrogen-bond donors (Lipinski definition) is 0. The van der Waals surface area contributed by atoms with E-state index in [1.54, 1.807) is 7.11 Å². The summed E-state index contributed by atoms with van der Waals surface area (Å²) in [5, 5.41) is 0. The highest BCUT2D eigenvalue weighted by Gasteiger charge is 2.29. The highest BCUT2D eigenvalue weighted by atomic mass is 35.5. The van der Waals surface area contributed by atoms with Crippen LogP contribution in [0.15, 0.2) is 24.3 Å². The van der Waals surface area contributed by atoms with Crippen LogP contribution in [0.2, 0.25) is 0 Å². The zero-order valence-electron chi connectivity index (χ0n) is 12.5. The van der Waals surface area contributed by atoms with Gasteiger partial charge in [-0.25, -0.2) is 0 Å². The van der Waals surface area contributed by atoms with Crippen molar-refractivity contribution < 1.29 is 9.47 Å². The third-order valence-corrected chi connectivity index (χ3v) is 4.50. The molecule has 0 aliphatic rings. The minimum Gasteiger partial charge on any atom is -0.497 e. The molecule has 0 aliphatic carbocycles. The number of alkyl halides is 2. The van der Waals surface area contributed by atoms with Gasteiger partial charge in [0.25, 0.3) is 0 Å². The number of methoxy groups -OCH3 is 1. The van der Waals surface area contributed by atoms with E-state index in [0.29, 0.717) is 24.3 Å². The van der Waals surface area contributed by atoms with Crippen molar-refractivity contribution in [2.75, 3.05) is 25.5 Å². The van der Waals surface area contributed by atoms with Gasteiger partial charge in [0.1, 0.15) is 11.5 Å². The quantitative estimate of drug-likeness (QED) is 0.598. The van der Waals surface area contributed by atoms with Gasteiger partial charge in [0, 0.05) is 17.2 Å². The van der Waals surface area contributed by atoms with Gasteiger partial charge in [0.2, 0.25) is 0 Å². The van der Waals surface area contributed by atoms with Crippen molar-refractivity contribution >= 4 is 23.2 Å². The number of benzene rings is 1. The van der Waals surface area contributed by atoms with Crippen LogP contribution in [0.1, 0.15) is 26.7 Å². The Bertz CT molecular complexity index is 373. The van der Waals surface area contributed by atoms with Gasteiger partial charge >= 0.3 is 0 Å². The molecule has 0 atom stereocenters. The first-order chi connectivity index (χ1) is 9.55. The van der Waals surface area contributed by atoms with E-state index in [2.05, 4.69) is 13.8 Å². The zero-order chi connectivity index (χ0) is 15.0. The van der Waals surface area contributed by atoms with Gasteiger partial charge in [0.05, 0.1) is 13.7 Å². The second kappa shape index (κ2) is 8.63. The Labute approximate surface area is 132 Å². The van der Waals surface area contributed by atoms with E-state index in [1.165, 1.54) is 0 Å². The maximum absolute atomic E-state index is 6.13. The Morgan fingerprint density at radius 1 is 1.05 bits per heavy atom. The summed E-state index contributed by atoms with van der Waals surface area (Å²) < 4.78 is 10.9. The Kier molecular flexibility index (Phi) is 7.53. The van der Waals surface area contributed by atoms with Crippen molar-refractivity contribution in [1.82, 2.24) is 0 Å². The van der Waals surface area contributed by atoms with Gasteiger partial charge in [-0.3, -0.25) is 0 Å². The average molecular weight is 319 g/mol. The minimum atomic E-state index is -0.0379. The average Bonchev–Trinajstić information content (AvgIpc) is 2.46. The molecule has 0 aliphatic heterocycles. The van der Waals surface area contributed by atoms with Crippen LogP contribution in [0, 0.1) is 11.3 Å². The summed E-state index contributed by atoms with van der Waals surface area (Å²) in [6, 6.07) is 7.59. The molecule has 0 spiro atoms. The number of rotatable bonds is 9. The van der Waals surface area contributed by atoms with Crippen molar-refractivity contribution in [1.29, 1.82) is 0 Å². The van der Waals surface area contributed by atoms with Gasteiger partial charge < -0.3 is 9.47 Å². The van der Waals surface area contributed by atoms with Crippen LogP contribution < -0.4 is 9.47 Å². The minimum absolute atomic E-state index is 0.0379. The molecule has 0 fully saturated rings. The first-order valence-corrected chi connectivity index (χ1v) is 8.01. The summed E-state index contributed by atoms with van der Waals surface area (Å²) in [7, 11) is 1.65.